The SMILES string of the molecule is O=C(Cc1cc(Cl)c2c(c1)OCCO2)N1CC(Oc2ccccc2)C1. The number of amides is 1. The number of hydrogen-bond acceptors (Lipinski definition) is 4. The lowest BCUT2D eigenvalue weighted by Gasteiger charge is -2.39. The molecule has 25 heavy (non-hydrogen) atoms. The van der Waals surface area contributed by atoms with Crippen molar-refractivity contribution in [3.63, 3.8) is 0 Å². The van der Waals surface area contributed by atoms with Gasteiger partial charge in [-0.1, -0.05) is 29.8 Å². The minimum atomic E-state index is 0.0511. The third kappa shape index (κ3) is 3.51. The summed E-state index contributed by atoms with van der Waals surface area (Å²) in [6, 6.07) is 13.2. The molecule has 0 N–H and O–H groups in total. The van der Waals surface area contributed by atoms with E-state index >= 15 is 0 Å². The van der Waals surface area contributed by atoms with Crippen LogP contribution in [0.5, 0.6) is 17.2 Å². The first-order valence-corrected chi connectivity index (χ1v) is 8.64. The van der Waals surface area contributed by atoms with Crippen molar-refractivity contribution in [3.8, 4) is 17.2 Å². The van der Waals surface area contributed by atoms with E-state index in [0.29, 0.717) is 42.8 Å². The highest BCUT2D eigenvalue weighted by Gasteiger charge is 2.32. The van der Waals surface area contributed by atoms with Crippen LogP contribution >= 0.6 is 11.6 Å². The fourth-order valence-corrected chi connectivity index (χ4v) is 3.25. The molecule has 0 bridgehead atoms. The molecule has 1 amide bonds. The van der Waals surface area contributed by atoms with Crippen LogP contribution in [0.15, 0.2) is 42.5 Å². The highest BCUT2D eigenvalue weighted by atomic mass is 35.5. The lowest BCUT2D eigenvalue weighted by Crippen LogP contribution is -2.56. The lowest BCUT2D eigenvalue weighted by atomic mass is 10.1. The Morgan fingerprint density at radius 3 is 2.72 bits per heavy atom. The van der Waals surface area contributed by atoms with E-state index in [1.54, 1.807) is 11.0 Å². The zero-order valence-electron chi connectivity index (χ0n) is 13.6. The molecule has 2 aromatic carbocycles. The van der Waals surface area contributed by atoms with Crippen LogP contribution in [0.2, 0.25) is 5.02 Å². The Labute approximate surface area is 151 Å². The Morgan fingerprint density at radius 2 is 1.92 bits per heavy atom. The Balaban J connectivity index is 1.33. The van der Waals surface area contributed by atoms with E-state index < -0.39 is 0 Å². The summed E-state index contributed by atoms with van der Waals surface area (Å²) in [6.07, 6.45) is 0.337. The maximum atomic E-state index is 12.4. The van der Waals surface area contributed by atoms with Crippen molar-refractivity contribution in [2.24, 2.45) is 0 Å². The molecule has 0 aliphatic carbocycles. The average Bonchev–Trinajstić information content (AvgIpc) is 2.58. The van der Waals surface area contributed by atoms with Crippen molar-refractivity contribution in [1.82, 2.24) is 4.90 Å². The van der Waals surface area contributed by atoms with E-state index in [1.165, 1.54) is 0 Å². The third-order valence-electron chi connectivity index (χ3n) is 4.26. The van der Waals surface area contributed by atoms with E-state index in [9.17, 15) is 4.79 Å². The van der Waals surface area contributed by atoms with Crippen LogP contribution in [0.1, 0.15) is 5.56 Å². The van der Waals surface area contributed by atoms with Gasteiger partial charge in [-0.25, -0.2) is 0 Å². The van der Waals surface area contributed by atoms with Crippen LogP contribution < -0.4 is 14.2 Å². The number of para-hydroxylation sites is 1. The average molecular weight is 360 g/mol. The number of fused-ring (bicyclic) bond motifs is 1. The van der Waals surface area contributed by atoms with Gasteiger partial charge < -0.3 is 19.1 Å². The summed E-state index contributed by atoms with van der Waals surface area (Å²) in [5.74, 6) is 2.05. The molecule has 0 radical (unpaired) electrons. The molecule has 0 spiro atoms. The zero-order chi connectivity index (χ0) is 17.2. The summed E-state index contributed by atoms with van der Waals surface area (Å²) in [4.78, 5) is 14.2. The largest absolute Gasteiger partial charge is 0.487 e. The Kier molecular flexibility index (Phi) is 4.40. The molecule has 0 atom stereocenters. The van der Waals surface area contributed by atoms with E-state index in [2.05, 4.69) is 0 Å². The lowest BCUT2D eigenvalue weighted by molar-refractivity contribution is -0.139. The molecule has 6 heteroatoms. The predicted molar refractivity (Wildman–Crippen MR) is 93.6 cm³/mol. The first-order chi connectivity index (χ1) is 12.2. The van der Waals surface area contributed by atoms with Gasteiger partial charge in [-0.2, -0.15) is 0 Å². The topological polar surface area (TPSA) is 48.0 Å². The number of rotatable bonds is 4. The number of carbonyl (C=O) groups excluding carboxylic acids is 1. The first-order valence-electron chi connectivity index (χ1n) is 8.26. The highest BCUT2D eigenvalue weighted by molar-refractivity contribution is 6.32. The van der Waals surface area contributed by atoms with Crippen LogP contribution in [0.4, 0.5) is 0 Å². The van der Waals surface area contributed by atoms with Gasteiger partial charge in [0, 0.05) is 0 Å². The molecule has 0 unspecified atom stereocenters. The van der Waals surface area contributed by atoms with Crippen LogP contribution in [-0.2, 0) is 11.2 Å². The van der Waals surface area contributed by atoms with Crippen LogP contribution in [0.3, 0.4) is 0 Å². The van der Waals surface area contributed by atoms with E-state index in [-0.39, 0.29) is 18.4 Å². The standard InChI is InChI=1S/C19H18ClNO4/c20-16-8-13(9-17-19(16)24-7-6-23-17)10-18(22)21-11-15(12-21)25-14-4-2-1-3-5-14/h1-5,8-9,15H,6-7,10-12H2. The third-order valence-corrected chi connectivity index (χ3v) is 4.54. The number of carbonyl (C=O) groups is 1. The second-order valence-corrected chi connectivity index (χ2v) is 6.54. The minimum absolute atomic E-state index is 0.0511. The second-order valence-electron chi connectivity index (χ2n) is 6.13. The molecule has 130 valence electrons. The highest BCUT2D eigenvalue weighted by Crippen LogP contribution is 2.38. The van der Waals surface area contributed by atoms with Gasteiger partial charge in [0.05, 0.1) is 24.5 Å². The van der Waals surface area contributed by atoms with Gasteiger partial charge in [0.25, 0.3) is 0 Å². The van der Waals surface area contributed by atoms with Crippen LogP contribution in [-0.4, -0.2) is 43.2 Å². The van der Waals surface area contributed by atoms with Crippen molar-refractivity contribution >= 4 is 17.5 Å². The first kappa shape index (κ1) is 16.1. The fourth-order valence-electron chi connectivity index (χ4n) is 2.96. The number of likely N-dealkylation sites (tertiary alicyclic amines) is 1. The second kappa shape index (κ2) is 6.84. The van der Waals surface area contributed by atoms with Crippen molar-refractivity contribution in [2.45, 2.75) is 12.5 Å². The van der Waals surface area contributed by atoms with Gasteiger partial charge in [-0.15, -0.1) is 0 Å². The van der Waals surface area contributed by atoms with Gasteiger partial charge in [0.15, 0.2) is 11.5 Å². The molecule has 0 saturated carbocycles. The van der Waals surface area contributed by atoms with Crippen molar-refractivity contribution < 1.29 is 19.0 Å². The molecule has 4 rings (SSSR count). The summed E-state index contributed by atoms with van der Waals surface area (Å²) >= 11 is 6.22. The maximum absolute atomic E-state index is 12.4. The predicted octanol–water partition coefficient (Wildman–Crippen LogP) is 2.94. The molecule has 1 fully saturated rings. The molecule has 5 nitrogen and oxygen atoms in total. The molecular weight excluding hydrogens is 342 g/mol. The molecule has 2 aliphatic rings. The number of ether oxygens (including phenoxy) is 3. The van der Waals surface area contributed by atoms with Crippen molar-refractivity contribution in [3.05, 3.63) is 53.1 Å². The van der Waals surface area contributed by atoms with Crippen LogP contribution in [0.25, 0.3) is 0 Å². The molecule has 0 aromatic heterocycles. The summed E-state index contributed by atoms with van der Waals surface area (Å²) in [5, 5.41) is 0.480. The minimum Gasteiger partial charge on any atom is -0.487 e. The molecule has 2 aromatic rings. The Bertz CT molecular complexity index is 774. The van der Waals surface area contributed by atoms with Gasteiger partial charge in [0.1, 0.15) is 25.1 Å². The molecule has 2 aliphatic heterocycles. The summed E-state index contributed by atoms with van der Waals surface area (Å²) < 4.78 is 16.9. The smallest absolute Gasteiger partial charge is 0.227 e. The Morgan fingerprint density at radius 1 is 1.16 bits per heavy atom. The number of halogens is 1. The monoisotopic (exact) mass is 359 g/mol. The summed E-state index contributed by atoms with van der Waals surface area (Å²) in [6.45, 7) is 2.19. The normalized spacial score (nSPS) is 16.3. The molecular formula is C19H18ClNO4. The quantitative estimate of drug-likeness (QED) is 0.842. The maximum Gasteiger partial charge on any atom is 0.227 e. The van der Waals surface area contributed by atoms with Gasteiger partial charge >= 0.3 is 0 Å². The zero-order valence-corrected chi connectivity index (χ0v) is 14.4. The molecule has 1 saturated heterocycles. The number of hydrogen-bond donors (Lipinski definition) is 0. The summed E-state index contributed by atoms with van der Waals surface area (Å²) in [5.41, 5.74) is 0.826. The van der Waals surface area contributed by atoms with Crippen molar-refractivity contribution in [1.29, 1.82) is 0 Å². The number of nitrogens with zero attached hydrogens (tertiary/aromatic N) is 1. The van der Waals surface area contributed by atoms with Gasteiger partial charge in [-0.3, -0.25) is 4.79 Å². The summed E-state index contributed by atoms with van der Waals surface area (Å²) in [7, 11) is 0. The number of benzene rings is 2. The Hall–Kier alpha value is -2.40. The van der Waals surface area contributed by atoms with E-state index in [0.717, 1.165) is 11.3 Å². The van der Waals surface area contributed by atoms with Crippen LogP contribution in [0, 0.1) is 0 Å². The molecule has 2 heterocycles. The fraction of sp³-hybridized carbons (Fsp3) is 0.316. The van der Waals surface area contributed by atoms with Gasteiger partial charge in [-0.05, 0) is 29.8 Å². The van der Waals surface area contributed by atoms with Gasteiger partial charge in [0.2, 0.25) is 5.91 Å². The van der Waals surface area contributed by atoms with Crippen molar-refractivity contribution in [2.75, 3.05) is 26.3 Å². The van der Waals surface area contributed by atoms with E-state index in [1.807, 2.05) is 36.4 Å². The van der Waals surface area contributed by atoms with E-state index in [4.69, 9.17) is 25.8 Å².